The molecule has 0 radical (unpaired) electrons. The molecular formula is C45H58N10O13. The number of hydrogen-bond acceptors (Lipinski definition) is 15. The Labute approximate surface area is 391 Å². The summed E-state index contributed by atoms with van der Waals surface area (Å²) in [5.41, 5.74) is 6.93. The molecule has 12 N–H and O–H groups in total. The van der Waals surface area contributed by atoms with Crippen molar-refractivity contribution >= 4 is 47.1 Å². The van der Waals surface area contributed by atoms with Crippen molar-refractivity contribution in [3.8, 4) is 12.3 Å². The predicted octanol–water partition coefficient (Wildman–Crippen LogP) is -3.45. The van der Waals surface area contributed by atoms with Crippen LogP contribution in [0.2, 0.25) is 0 Å². The zero-order valence-electron chi connectivity index (χ0n) is 37.3. The van der Waals surface area contributed by atoms with E-state index in [-0.39, 0.29) is 43.1 Å². The summed E-state index contributed by atoms with van der Waals surface area (Å²) in [6, 6.07) is 11.1. The molecule has 23 nitrogen and oxygen atoms in total. The van der Waals surface area contributed by atoms with Gasteiger partial charge >= 0.3 is 0 Å². The molecule has 0 saturated carbocycles. The van der Waals surface area contributed by atoms with E-state index < -0.39 is 104 Å². The molecule has 1 fully saturated rings. The monoisotopic (exact) mass is 946 g/mol. The maximum atomic E-state index is 13.6. The summed E-state index contributed by atoms with van der Waals surface area (Å²) >= 11 is 0. The number of rotatable bonds is 26. The average Bonchev–Trinajstić information content (AvgIpc) is 3.79. The van der Waals surface area contributed by atoms with Gasteiger partial charge in [0.2, 0.25) is 41.4 Å². The van der Waals surface area contributed by atoms with E-state index in [1.807, 2.05) is 0 Å². The average molecular weight is 947 g/mol. The largest absolute Gasteiger partial charge is 0.394 e. The van der Waals surface area contributed by atoms with Crippen LogP contribution in [0.5, 0.6) is 0 Å². The summed E-state index contributed by atoms with van der Waals surface area (Å²) in [6.07, 6.45) is 0.801. The first-order chi connectivity index (χ1) is 32.5. The van der Waals surface area contributed by atoms with E-state index in [9.17, 15) is 58.8 Å². The van der Waals surface area contributed by atoms with E-state index in [4.69, 9.17) is 16.9 Å². The van der Waals surface area contributed by atoms with Gasteiger partial charge in [0, 0.05) is 50.3 Å². The number of aromatic nitrogens is 3. The third-order valence-electron chi connectivity index (χ3n) is 10.6. The van der Waals surface area contributed by atoms with Crippen molar-refractivity contribution in [2.24, 2.45) is 5.73 Å². The van der Waals surface area contributed by atoms with Gasteiger partial charge in [-0.25, -0.2) is 4.68 Å². The number of nitrogens with two attached hydrogens (primary N) is 1. The summed E-state index contributed by atoms with van der Waals surface area (Å²) < 4.78 is 6.49. The summed E-state index contributed by atoms with van der Waals surface area (Å²) in [5, 5.41) is 63.1. The van der Waals surface area contributed by atoms with Crippen molar-refractivity contribution in [3.63, 3.8) is 0 Å². The van der Waals surface area contributed by atoms with Gasteiger partial charge in [-0.05, 0) is 31.2 Å². The van der Waals surface area contributed by atoms with E-state index in [0.29, 0.717) is 48.9 Å². The number of nitrogens with one attached hydrogen (secondary N) is 6. The van der Waals surface area contributed by atoms with Gasteiger partial charge < -0.3 is 62.8 Å². The zero-order valence-corrected chi connectivity index (χ0v) is 37.3. The standard InChI is InChI=1S/C45H58N10O13/c1-3-4-6-14-35(58)47-19-10-9-13-31(42(46)65)51-36(59)22-48-43(66)32(20-27-15-17-29(18-16-27)38(61)28-11-7-5-8-12-28)52-37(60)23-49-44(67)33(50-26(2)57)21-30-24-55(54-53-30)45-41(64)40(63)39(62)34(25-56)68-45/h1,5,7-8,11-12,15-18,24,31-34,39-41,45,56,62-64H,4,6,9-10,13-14,19-23,25H2,2H3,(H2,46,65)(H,47,58)(H,48,66)(H,49,67)(H,50,57)(H,51,59)(H,52,60)/t31-,32-,33-,34+,39+,40-,41+,45+/m0/s1. The number of hydrogen-bond donors (Lipinski definition) is 11. The second-order valence-electron chi connectivity index (χ2n) is 15.9. The van der Waals surface area contributed by atoms with E-state index >= 15 is 0 Å². The molecule has 0 unspecified atom stereocenters. The fraction of sp³-hybridized carbons (Fsp3) is 0.467. The molecule has 0 spiro atoms. The molecule has 1 saturated heterocycles. The maximum absolute atomic E-state index is 13.6. The minimum atomic E-state index is -1.70. The minimum Gasteiger partial charge on any atom is -0.394 e. The number of unbranched alkanes of at least 4 members (excludes halogenated alkanes) is 2. The first-order valence-corrected chi connectivity index (χ1v) is 21.8. The van der Waals surface area contributed by atoms with Gasteiger partial charge in [-0.2, -0.15) is 0 Å². The number of amides is 7. The van der Waals surface area contributed by atoms with Gasteiger partial charge in [0.15, 0.2) is 12.0 Å². The first-order valence-electron chi connectivity index (χ1n) is 21.8. The summed E-state index contributed by atoms with van der Waals surface area (Å²) in [6.45, 7) is -0.519. The number of nitrogens with zero attached hydrogens (tertiary/aromatic N) is 3. The first kappa shape index (κ1) is 53.5. The fourth-order valence-electron chi connectivity index (χ4n) is 6.99. The number of ether oxygens (including phenoxy) is 1. The molecule has 2 heterocycles. The third kappa shape index (κ3) is 16.7. The topological polar surface area (TPSA) is 356 Å². The van der Waals surface area contributed by atoms with Crippen LogP contribution >= 0.6 is 0 Å². The van der Waals surface area contributed by atoms with Crippen LogP contribution in [-0.4, -0.2) is 151 Å². The van der Waals surface area contributed by atoms with Gasteiger partial charge in [0.25, 0.3) is 0 Å². The highest BCUT2D eigenvalue weighted by atomic mass is 16.6. The maximum Gasteiger partial charge on any atom is 0.243 e. The SMILES string of the molecule is C#CCCCC(=O)NCCCC[C@H](NC(=O)CNC(=O)[C@H](Cc1ccc(C(=O)c2ccccc2)cc1)NC(=O)CNC(=O)[C@H](Cc1cn([C@@H]2O[C@H](CO)[C@@H](O)[C@H](O)[C@H]2O)nn1)NC(C)=O)C(N)=O. The molecule has 1 aliphatic rings. The molecule has 0 bridgehead atoms. The number of carbonyl (C=O) groups excluding carboxylic acids is 8. The lowest BCUT2D eigenvalue weighted by molar-refractivity contribution is -0.254. The van der Waals surface area contributed by atoms with Gasteiger partial charge in [-0.1, -0.05) is 59.8 Å². The molecular weight excluding hydrogens is 889 g/mol. The molecule has 0 aliphatic carbocycles. The highest BCUT2D eigenvalue weighted by Gasteiger charge is 2.45. The fourth-order valence-corrected chi connectivity index (χ4v) is 6.99. The van der Waals surface area contributed by atoms with E-state index in [0.717, 1.165) is 11.6 Å². The lowest BCUT2D eigenvalue weighted by Gasteiger charge is -2.39. The highest BCUT2D eigenvalue weighted by Crippen LogP contribution is 2.28. The number of carbonyl (C=O) groups is 8. The summed E-state index contributed by atoms with van der Waals surface area (Å²) in [7, 11) is 0. The molecule has 3 aromatic rings. The number of terminal acetylenes is 1. The number of aliphatic hydroxyl groups is 4. The van der Waals surface area contributed by atoms with Crippen molar-refractivity contribution in [1.29, 1.82) is 0 Å². The van der Waals surface area contributed by atoms with E-state index in [2.05, 4.69) is 48.1 Å². The lowest BCUT2D eigenvalue weighted by atomic mass is 9.98. The van der Waals surface area contributed by atoms with Crippen molar-refractivity contribution in [2.75, 3.05) is 26.2 Å². The molecule has 68 heavy (non-hydrogen) atoms. The van der Waals surface area contributed by atoms with Gasteiger partial charge in [-0.15, -0.1) is 17.4 Å². The molecule has 23 heteroatoms. The van der Waals surface area contributed by atoms with Crippen LogP contribution in [0.25, 0.3) is 0 Å². The van der Waals surface area contributed by atoms with Crippen LogP contribution < -0.4 is 37.6 Å². The predicted molar refractivity (Wildman–Crippen MR) is 239 cm³/mol. The van der Waals surface area contributed by atoms with Crippen molar-refractivity contribution in [2.45, 2.75) is 107 Å². The number of aliphatic hydroxyl groups excluding tert-OH is 4. The van der Waals surface area contributed by atoms with Crippen LogP contribution in [0.3, 0.4) is 0 Å². The molecule has 1 aromatic heterocycles. The van der Waals surface area contributed by atoms with Crippen LogP contribution in [0.15, 0.2) is 60.8 Å². The van der Waals surface area contributed by atoms with Crippen molar-refractivity contribution in [3.05, 3.63) is 83.2 Å². The molecule has 1 aliphatic heterocycles. The lowest BCUT2D eigenvalue weighted by Crippen LogP contribution is -2.56. The molecule has 8 atom stereocenters. The highest BCUT2D eigenvalue weighted by molar-refractivity contribution is 6.09. The Morgan fingerprint density at radius 1 is 0.765 bits per heavy atom. The van der Waals surface area contributed by atoms with Gasteiger partial charge in [-0.3, -0.25) is 38.4 Å². The van der Waals surface area contributed by atoms with Crippen LogP contribution in [0, 0.1) is 12.3 Å². The summed E-state index contributed by atoms with van der Waals surface area (Å²) in [4.78, 5) is 102. The van der Waals surface area contributed by atoms with E-state index in [1.54, 1.807) is 54.6 Å². The number of ketones is 1. The Hall–Kier alpha value is -7.10. The third-order valence-corrected chi connectivity index (χ3v) is 10.6. The Kier molecular flexibility index (Phi) is 21.2. The van der Waals surface area contributed by atoms with Gasteiger partial charge in [0.1, 0.15) is 42.5 Å². The Morgan fingerprint density at radius 3 is 1.99 bits per heavy atom. The van der Waals surface area contributed by atoms with Crippen LogP contribution in [0.4, 0.5) is 0 Å². The Morgan fingerprint density at radius 2 is 1.38 bits per heavy atom. The van der Waals surface area contributed by atoms with E-state index in [1.165, 1.54) is 6.20 Å². The summed E-state index contributed by atoms with van der Waals surface area (Å²) in [5.74, 6) is -2.66. The molecule has 7 amide bonds. The molecule has 366 valence electrons. The quantitative estimate of drug-likeness (QED) is 0.0212. The smallest absolute Gasteiger partial charge is 0.243 e. The minimum absolute atomic E-state index is 0.0910. The molecule has 4 rings (SSSR count). The number of primary amides is 1. The number of benzene rings is 2. The van der Waals surface area contributed by atoms with Crippen LogP contribution in [-0.2, 0) is 51.1 Å². The normalized spacial score (nSPS) is 18.9. The zero-order chi connectivity index (χ0) is 49.8. The van der Waals surface area contributed by atoms with Gasteiger partial charge in [0.05, 0.1) is 31.6 Å². The van der Waals surface area contributed by atoms with Crippen molar-refractivity contribution in [1.82, 2.24) is 46.9 Å². The second kappa shape index (κ2) is 26.9. The van der Waals surface area contributed by atoms with Crippen molar-refractivity contribution < 1.29 is 63.5 Å². The molecule has 2 aromatic carbocycles. The van der Waals surface area contributed by atoms with Crippen LogP contribution in [0.1, 0.15) is 78.9 Å². The second-order valence-corrected chi connectivity index (χ2v) is 15.9. The Balaban J connectivity index is 1.39. The Bertz CT molecular complexity index is 2250.